The molecular weight excluding hydrogens is 454 g/mol. The van der Waals surface area contributed by atoms with Crippen molar-refractivity contribution in [3.8, 4) is 5.75 Å². The third-order valence-corrected chi connectivity index (χ3v) is 5.29. The highest BCUT2D eigenvalue weighted by Crippen LogP contribution is 2.29. The minimum absolute atomic E-state index is 0.0600. The topological polar surface area (TPSA) is 58.6 Å². The molecule has 0 aliphatic carbocycles. The number of nitrogens with one attached hydrogen (secondary N) is 1. The Hall–Kier alpha value is -2.34. The Morgan fingerprint density at radius 1 is 1.03 bits per heavy atom. The summed E-state index contributed by atoms with van der Waals surface area (Å²) in [6.45, 7) is 4.02. The van der Waals surface area contributed by atoms with Crippen LogP contribution in [0.3, 0.4) is 0 Å². The van der Waals surface area contributed by atoms with E-state index < -0.39 is 0 Å². The summed E-state index contributed by atoms with van der Waals surface area (Å²) in [4.78, 5) is 13.0. The average Bonchev–Trinajstić information content (AvgIpc) is 2.68. The molecule has 0 fully saturated rings. The number of ketones is 1. The summed E-state index contributed by atoms with van der Waals surface area (Å²) >= 11 is 9.89. The molecule has 3 aromatic carbocycles. The summed E-state index contributed by atoms with van der Waals surface area (Å²) in [7, 11) is 0. The molecule has 2 N–H and O–H groups in total. The van der Waals surface area contributed by atoms with Crippen LogP contribution >= 0.6 is 27.5 Å². The Labute approximate surface area is 183 Å². The number of ether oxygens (including phenoxy) is 1. The highest BCUT2D eigenvalue weighted by atomic mass is 79.9. The van der Waals surface area contributed by atoms with Gasteiger partial charge >= 0.3 is 0 Å². The van der Waals surface area contributed by atoms with Crippen LogP contribution in [0.1, 0.15) is 27.0 Å². The predicted octanol–water partition coefficient (Wildman–Crippen LogP) is 6.07. The lowest BCUT2D eigenvalue weighted by Gasteiger charge is -2.13. The molecule has 3 aromatic rings. The highest BCUT2D eigenvalue weighted by molar-refractivity contribution is 9.10. The second kappa shape index (κ2) is 9.44. The number of hydrogen-bond donors (Lipinski definition) is 2. The van der Waals surface area contributed by atoms with Crippen molar-refractivity contribution in [2.75, 3.05) is 18.5 Å². The van der Waals surface area contributed by atoms with Gasteiger partial charge in [-0.05, 0) is 79.6 Å². The minimum atomic E-state index is -0.146. The van der Waals surface area contributed by atoms with Crippen LogP contribution in [0.5, 0.6) is 5.75 Å². The largest absolute Gasteiger partial charge is 0.491 e. The lowest BCUT2D eigenvalue weighted by Crippen LogP contribution is -2.06. The number of rotatable bonds is 7. The van der Waals surface area contributed by atoms with Crippen LogP contribution in [0.25, 0.3) is 0 Å². The number of aliphatic hydroxyl groups is 1. The van der Waals surface area contributed by atoms with Gasteiger partial charge in [-0.25, -0.2) is 0 Å². The van der Waals surface area contributed by atoms with E-state index in [4.69, 9.17) is 21.4 Å². The molecule has 0 aliphatic heterocycles. The number of carbonyl (C=O) groups is 1. The third kappa shape index (κ3) is 5.18. The molecule has 6 heteroatoms. The van der Waals surface area contributed by atoms with Gasteiger partial charge in [-0.2, -0.15) is 0 Å². The molecular formula is C23H21BrClNO3. The first-order valence-electron chi connectivity index (χ1n) is 9.11. The van der Waals surface area contributed by atoms with E-state index in [0.717, 1.165) is 27.0 Å². The van der Waals surface area contributed by atoms with Crippen molar-refractivity contribution in [1.29, 1.82) is 0 Å². The molecule has 0 radical (unpaired) electrons. The van der Waals surface area contributed by atoms with E-state index in [1.165, 1.54) is 0 Å². The Balaban J connectivity index is 1.82. The van der Waals surface area contributed by atoms with E-state index >= 15 is 0 Å². The van der Waals surface area contributed by atoms with Gasteiger partial charge in [-0.15, -0.1) is 0 Å². The molecule has 0 bridgehead atoms. The normalized spacial score (nSPS) is 10.7. The number of halogens is 2. The van der Waals surface area contributed by atoms with Gasteiger partial charge in [0.2, 0.25) is 0 Å². The second-order valence-electron chi connectivity index (χ2n) is 6.66. The Bertz CT molecular complexity index is 1050. The molecule has 0 heterocycles. The maximum Gasteiger partial charge on any atom is 0.194 e. The van der Waals surface area contributed by atoms with Crippen molar-refractivity contribution < 1.29 is 14.6 Å². The van der Waals surface area contributed by atoms with E-state index in [1.807, 2.05) is 38.1 Å². The van der Waals surface area contributed by atoms with E-state index in [1.54, 1.807) is 30.3 Å². The Morgan fingerprint density at radius 3 is 2.45 bits per heavy atom. The zero-order chi connectivity index (χ0) is 21.0. The average molecular weight is 475 g/mol. The fourth-order valence-corrected chi connectivity index (χ4v) is 3.73. The van der Waals surface area contributed by atoms with Gasteiger partial charge in [0.05, 0.1) is 11.6 Å². The molecule has 0 amide bonds. The number of anilines is 2. The van der Waals surface area contributed by atoms with Crippen molar-refractivity contribution in [3.63, 3.8) is 0 Å². The SMILES string of the molecule is Cc1cc(Br)ccc1Nc1ccc(C(=O)c2ccc(OCCO)cc2C)c(Cl)c1. The highest BCUT2D eigenvalue weighted by Gasteiger charge is 2.16. The zero-order valence-electron chi connectivity index (χ0n) is 16.1. The molecule has 0 aliphatic rings. The summed E-state index contributed by atoms with van der Waals surface area (Å²) < 4.78 is 6.41. The van der Waals surface area contributed by atoms with E-state index in [0.29, 0.717) is 21.9 Å². The predicted molar refractivity (Wildman–Crippen MR) is 121 cm³/mol. The third-order valence-electron chi connectivity index (χ3n) is 4.48. The van der Waals surface area contributed by atoms with Gasteiger partial charge in [-0.1, -0.05) is 27.5 Å². The van der Waals surface area contributed by atoms with Gasteiger partial charge in [0, 0.05) is 27.0 Å². The number of hydrogen-bond acceptors (Lipinski definition) is 4. The maximum atomic E-state index is 13.0. The monoisotopic (exact) mass is 473 g/mol. The summed E-state index contributed by atoms with van der Waals surface area (Å²) in [6, 6.07) is 16.5. The van der Waals surface area contributed by atoms with Crippen LogP contribution in [0.2, 0.25) is 5.02 Å². The van der Waals surface area contributed by atoms with Crippen molar-refractivity contribution >= 4 is 44.7 Å². The minimum Gasteiger partial charge on any atom is -0.491 e. The second-order valence-corrected chi connectivity index (χ2v) is 7.98. The molecule has 150 valence electrons. The molecule has 0 atom stereocenters. The molecule has 0 unspecified atom stereocenters. The molecule has 29 heavy (non-hydrogen) atoms. The molecule has 0 aromatic heterocycles. The first-order chi connectivity index (χ1) is 13.9. The molecule has 0 spiro atoms. The van der Waals surface area contributed by atoms with Crippen LogP contribution in [0, 0.1) is 13.8 Å². The summed E-state index contributed by atoms with van der Waals surface area (Å²) in [5.41, 5.74) is 4.66. The van der Waals surface area contributed by atoms with Crippen LogP contribution in [-0.4, -0.2) is 24.1 Å². The maximum absolute atomic E-state index is 13.0. The van der Waals surface area contributed by atoms with Crippen molar-refractivity contribution in [3.05, 3.63) is 86.3 Å². The number of carbonyl (C=O) groups excluding carboxylic acids is 1. The summed E-state index contributed by atoms with van der Waals surface area (Å²) in [6.07, 6.45) is 0. The van der Waals surface area contributed by atoms with E-state index in [9.17, 15) is 4.79 Å². The standard InChI is InChI=1S/C23H21BrClNO3/c1-14-12-18(29-10-9-27)5-7-19(14)23(28)20-6-4-17(13-21(20)25)26-22-8-3-16(24)11-15(22)2/h3-8,11-13,26-27H,9-10H2,1-2H3. The van der Waals surface area contributed by atoms with Gasteiger partial charge in [0.25, 0.3) is 0 Å². The van der Waals surface area contributed by atoms with Gasteiger partial charge < -0.3 is 15.2 Å². The van der Waals surface area contributed by atoms with Crippen LogP contribution in [0.15, 0.2) is 59.1 Å². The first-order valence-corrected chi connectivity index (χ1v) is 10.3. The number of aryl methyl sites for hydroxylation is 2. The smallest absolute Gasteiger partial charge is 0.194 e. The van der Waals surface area contributed by atoms with Gasteiger partial charge in [0.15, 0.2) is 5.78 Å². The van der Waals surface area contributed by atoms with Crippen LogP contribution < -0.4 is 10.1 Å². The summed E-state index contributed by atoms with van der Waals surface area (Å²) in [5.74, 6) is 0.469. The van der Waals surface area contributed by atoms with Crippen LogP contribution in [0.4, 0.5) is 11.4 Å². The van der Waals surface area contributed by atoms with Crippen LogP contribution in [-0.2, 0) is 0 Å². The lowest BCUT2D eigenvalue weighted by molar-refractivity contribution is 0.103. The van der Waals surface area contributed by atoms with E-state index in [-0.39, 0.29) is 19.0 Å². The van der Waals surface area contributed by atoms with Crippen molar-refractivity contribution in [1.82, 2.24) is 0 Å². The van der Waals surface area contributed by atoms with Crippen molar-refractivity contribution in [2.24, 2.45) is 0 Å². The van der Waals surface area contributed by atoms with Gasteiger partial charge in [-0.3, -0.25) is 4.79 Å². The zero-order valence-corrected chi connectivity index (χ0v) is 18.5. The fourth-order valence-electron chi connectivity index (χ4n) is 2.99. The first kappa shape index (κ1) is 21.4. The molecule has 0 saturated carbocycles. The number of benzene rings is 3. The van der Waals surface area contributed by atoms with Crippen molar-refractivity contribution in [2.45, 2.75) is 13.8 Å². The lowest BCUT2D eigenvalue weighted by atomic mass is 9.98. The fraction of sp³-hybridized carbons (Fsp3) is 0.174. The summed E-state index contributed by atoms with van der Waals surface area (Å²) in [5, 5.41) is 12.6. The Morgan fingerprint density at radius 2 is 1.79 bits per heavy atom. The quantitative estimate of drug-likeness (QED) is 0.408. The Kier molecular flexibility index (Phi) is 6.96. The molecule has 0 saturated heterocycles. The number of aliphatic hydroxyl groups excluding tert-OH is 1. The van der Waals surface area contributed by atoms with Gasteiger partial charge in [0.1, 0.15) is 12.4 Å². The molecule has 4 nitrogen and oxygen atoms in total. The molecule has 3 rings (SSSR count). The van der Waals surface area contributed by atoms with E-state index in [2.05, 4.69) is 21.2 Å².